The van der Waals surface area contributed by atoms with Gasteiger partial charge in [-0.05, 0) is 19.8 Å². The molecule has 0 amide bonds. The Hall–Kier alpha value is -3.03. The first-order chi connectivity index (χ1) is 12.5. The van der Waals surface area contributed by atoms with E-state index >= 15 is 0 Å². The zero-order valence-corrected chi connectivity index (χ0v) is 14.7. The molecule has 1 aromatic carbocycles. The van der Waals surface area contributed by atoms with Crippen molar-refractivity contribution >= 4 is 34.1 Å². The fraction of sp³-hybridized carbons (Fsp3) is 0.389. The monoisotopic (exact) mass is 350 g/mol. The average molecular weight is 350 g/mol. The minimum absolute atomic E-state index is 0.196. The standard InChI is InChI=1S/C18H22N8/c1-11(19)25-9-8-24(10-15(25)20)18-14-5-3-2-4-13(14)17(22)26(23-18)16(21)12-6-7-12/h2-5,12,19-22H,6-10H2,1H3. The van der Waals surface area contributed by atoms with E-state index in [4.69, 9.17) is 21.6 Å². The molecule has 0 bridgehead atoms. The lowest BCUT2D eigenvalue weighted by Crippen LogP contribution is -2.52. The van der Waals surface area contributed by atoms with Gasteiger partial charge in [0.15, 0.2) is 11.3 Å². The highest BCUT2D eigenvalue weighted by Crippen LogP contribution is 2.31. The Morgan fingerprint density at radius 2 is 1.77 bits per heavy atom. The smallest absolute Gasteiger partial charge is 0.158 e. The van der Waals surface area contributed by atoms with Gasteiger partial charge < -0.3 is 9.80 Å². The summed E-state index contributed by atoms with van der Waals surface area (Å²) in [6.45, 7) is 3.26. The number of amidine groups is 2. The van der Waals surface area contributed by atoms with Crippen LogP contribution in [0, 0.1) is 27.6 Å². The van der Waals surface area contributed by atoms with Crippen molar-refractivity contribution in [2.24, 2.45) is 5.92 Å². The van der Waals surface area contributed by atoms with Gasteiger partial charge in [-0.2, -0.15) is 4.68 Å². The van der Waals surface area contributed by atoms with Crippen LogP contribution in [-0.4, -0.2) is 51.8 Å². The van der Waals surface area contributed by atoms with Crippen molar-refractivity contribution < 1.29 is 0 Å². The first kappa shape index (κ1) is 16.4. The lowest BCUT2D eigenvalue weighted by atomic mass is 10.1. The van der Waals surface area contributed by atoms with Gasteiger partial charge in [0, 0.05) is 29.8 Å². The molecule has 134 valence electrons. The maximum Gasteiger partial charge on any atom is 0.158 e. The van der Waals surface area contributed by atoms with Crippen LogP contribution in [0.5, 0.6) is 0 Å². The Labute approximate surface area is 151 Å². The first-order valence-corrected chi connectivity index (χ1v) is 8.78. The molecule has 0 unspecified atom stereocenters. The number of nitrogens with zero attached hydrogens (tertiary/aromatic N) is 4. The number of nitrogens with one attached hydrogen (secondary N) is 4. The second kappa shape index (κ2) is 6.05. The molecule has 1 saturated heterocycles. The summed E-state index contributed by atoms with van der Waals surface area (Å²) >= 11 is 0. The molecular formula is C18H22N8. The molecule has 8 nitrogen and oxygen atoms in total. The molecule has 4 N–H and O–H groups in total. The van der Waals surface area contributed by atoms with Crippen LogP contribution in [0.2, 0.25) is 0 Å². The summed E-state index contributed by atoms with van der Waals surface area (Å²) in [4.78, 5) is 3.71. The third-order valence-electron chi connectivity index (χ3n) is 4.99. The third kappa shape index (κ3) is 2.67. The number of aromatic nitrogens is 2. The van der Waals surface area contributed by atoms with E-state index in [2.05, 4.69) is 5.10 Å². The Kier molecular flexibility index (Phi) is 3.82. The highest BCUT2D eigenvalue weighted by Gasteiger charge is 2.30. The molecular weight excluding hydrogens is 328 g/mol. The van der Waals surface area contributed by atoms with Crippen LogP contribution >= 0.6 is 0 Å². The lowest BCUT2D eigenvalue weighted by Gasteiger charge is -2.36. The summed E-state index contributed by atoms with van der Waals surface area (Å²) in [5, 5.41) is 39.2. The summed E-state index contributed by atoms with van der Waals surface area (Å²) in [5.41, 5.74) is 0.241. The Balaban J connectivity index is 1.80. The molecule has 1 aliphatic heterocycles. The van der Waals surface area contributed by atoms with Crippen LogP contribution in [0.4, 0.5) is 5.82 Å². The van der Waals surface area contributed by atoms with Gasteiger partial charge in [-0.1, -0.05) is 24.3 Å². The Morgan fingerprint density at radius 1 is 1.08 bits per heavy atom. The summed E-state index contributed by atoms with van der Waals surface area (Å²) in [5.74, 6) is 2.02. The molecule has 2 aliphatic rings. The maximum atomic E-state index is 8.49. The number of hydrogen-bond acceptors (Lipinski definition) is 6. The molecule has 8 heteroatoms. The van der Waals surface area contributed by atoms with E-state index in [9.17, 15) is 0 Å². The zero-order chi connectivity index (χ0) is 18.4. The number of anilines is 1. The van der Waals surface area contributed by atoms with Crippen LogP contribution < -0.4 is 10.4 Å². The maximum absolute atomic E-state index is 8.49. The summed E-state index contributed by atoms with van der Waals surface area (Å²) < 4.78 is 1.45. The molecule has 2 fully saturated rings. The quantitative estimate of drug-likeness (QED) is 0.488. The molecule has 1 saturated carbocycles. The van der Waals surface area contributed by atoms with Crippen LogP contribution in [-0.2, 0) is 0 Å². The molecule has 26 heavy (non-hydrogen) atoms. The highest BCUT2D eigenvalue weighted by atomic mass is 15.4. The summed E-state index contributed by atoms with van der Waals surface area (Å²) in [6, 6.07) is 7.65. The van der Waals surface area contributed by atoms with Gasteiger partial charge in [-0.15, -0.1) is 5.10 Å². The SMILES string of the molecule is CC(=N)N1CCN(c2nn(C(=N)C3CC3)c(=N)c3ccccc23)CC1=N. The predicted octanol–water partition coefficient (Wildman–Crippen LogP) is 1.85. The molecule has 1 aromatic heterocycles. The van der Waals surface area contributed by atoms with E-state index < -0.39 is 0 Å². The third-order valence-corrected chi connectivity index (χ3v) is 4.99. The number of hydrogen-bond donors (Lipinski definition) is 4. The minimum Gasteiger partial charge on any atom is -0.345 e. The van der Waals surface area contributed by atoms with Crippen LogP contribution in [0.25, 0.3) is 10.8 Å². The molecule has 2 heterocycles. The first-order valence-electron chi connectivity index (χ1n) is 8.78. The van der Waals surface area contributed by atoms with Gasteiger partial charge in [-0.3, -0.25) is 21.6 Å². The second-order valence-electron chi connectivity index (χ2n) is 6.89. The van der Waals surface area contributed by atoms with Gasteiger partial charge >= 0.3 is 0 Å². The molecule has 1 aliphatic carbocycles. The van der Waals surface area contributed by atoms with Crippen molar-refractivity contribution in [1.29, 1.82) is 21.6 Å². The Bertz CT molecular complexity index is 984. The number of rotatable bonds is 2. The minimum atomic E-state index is 0.196. The van der Waals surface area contributed by atoms with Gasteiger partial charge in [0.1, 0.15) is 11.7 Å². The van der Waals surface area contributed by atoms with Crippen LogP contribution in [0.3, 0.4) is 0 Å². The van der Waals surface area contributed by atoms with E-state index in [0.29, 0.717) is 43.0 Å². The predicted molar refractivity (Wildman–Crippen MR) is 101 cm³/mol. The Morgan fingerprint density at radius 3 is 2.38 bits per heavy atom. The molecule has 4 rings (SSSR count). The van der Waals surface area contributed by atoms with E-state index in [-0.39, 0.29) is 11.4 Å². The van der Waals surface area contributed by atoms with Gasteiger partial charge in [0.2, 0.25) is 0 Å². The number of benzene rings is 1. The van der Waals surface area contributed by atoms with E-state index in [1.807, 2.05) is 29.2 Å². The molecule has 0 radical (unpaired) electrons. The van der Waals surface area contributed by atoms with Crippen LogP contribution in [0.1, 0.15) is 19.8 Å². The van der Waals surface area contributed by atoms with Crippen LogP contribution in [0.15, 0.2) is 24.3 Å². The van der Waals surface area contributed by atoms with E-state index in [1.165, 1.54) is 4.68 Å². The van der Waals surface area contributed by atoms with Gasteiger partial charge in [0.05, 0.1) is 12.4 Å². The topological polar surface area (TPSA) is 120 Å². The van der Waals surface area contributed by atoms with Crippen molar-refractivity contribution in [3.8, 4) is 0 Å². The largest absolute Gasteiger partial charge is 0.345 e. The number of piperazine rings is 1. The highest BCUT2D eigenvalue weighted by molar-refractivity contribution is 6.01. The number of fused-ring (bicyclic) bond motifs is 1. The van der Waals surface area contributed by atoms with Crippen molar-refractivity contribution in [3.63, 3.8) is 0 Å². The normalized spacial score (nSPS) is 17.7. The van der Waals surface area contributed by atoms with E-state index in [0.717, 1.165) is 23.6 Å². The van der Waals surface area contributed by atoms with Crippen molar-refractivity contribution in [3.05, 3.63) is 29.8 Å². The van der Waals surface area contributed by atoms with Crippen molar-refractivity contribution in [1.82, 2.24) is 14.7 Å². The average Bonchev–Trinajstić information content (AvgIpc) is 3.46. The zero-order valence-electron chi connectivity index (χ0n) is 14.7. The summed E-state index contributed by atoms with van der Waals surface area (Å²) in [6.07, 6.45) is 1.97. The molecule has 2 aromatic rings. The van der Waals surface area contributed by atoms with Crippen molar-refractivity contribution in [2.75, 3.05) is 24.5 Å². The lowest BCUT2D eigenvalue weighted by molar-refractivity contribution is 0.539. The molecule has 0 atom stereocenters. The van der Waals surface area contributed by atoms with E-state index in [1.54, 1.807) is 11.8 Å². The van der Waals surface area contributed by atoms with Gasteiger partial charge in [-0.25, -0.2) is 0 Å². The fourth-order valence-corrected chi connectivity index (χ4v) is 3.39. The summed E-state index contributed by atoms with van der Waals surface area (Å²) in [7, 11) is 0. The fourth-order valence-electron chi connectivity index (χ4n) is 3.39. The van der Waals surface area contributed by atoms with Gasteiger partial charge in [0.25, 0.3) is 0 Å². The van der Waals surface area contributed by atoms with Crippen molar-refractivity contribution in [2.45, 2.75) is 19.8 Å². The second-order valence-corrected chi connectivity index (χ2v) is 6.89. The molecule has 0 spiro atoms.